The lowest BCUT2D eigenvalue weighted by molar-refractivity contribution is -0.142. The van der Waals surface area contributed by atoms with Crippen LogP contribution >= 0.6 is 27.5 Å². The van der Waals surface area contributed by atoms with Crippen LogP contribution in [0.15, 0.2) is 59.1 Å². The Bertz CT molecular complexity index is 1210. The minimum Gasteiger partial charge on any atom is -0.481 e. The summed E-state index contributed by atoms with van der Waals surface area (Å²) in [5, 5.41) is 11.6. The third-order valence-corrected chi connectivity index (χ3v) is 5.92. The van der Waals surface area contributed by atoms with Gasteiger partial charge in [-0.1, -0.05) is 51.8 Å². The van der Waals surface area contributed by atoms with Crippen molar-refractivity contribution in [2.45, 2.75) is 25.8 Å². The maximum atomic E-state index is 12.9. The van der Waals surface area contributed by atoms with E-state index in [1.807, 2.05) is 61.5 Å². The smallest absolute Gasteiger partial charge is 0.303 e. The molecule has 8 heteroatoms. The van der Waals surface area contributed by atoms with Crippen LogP contribution in [0.4, 0.5) is 0 Å². The number of carbonyl (C=O) groups excluding carboxylic acids is 1. The number of nitrogens with zero attached hydrogens (tertiary/aromatic N) is 2. The van der Waals surface area contributed by atoms with Gasteiger partial charge in [0.1, 0.15) is 11.2 Å². The fourth-order valence-corrected chi connectivity index (χ4v) is 4.04. The summed E-state index contributed by atoms with van der Waals surface area (Å²) in [4.78, 5) is 28.4. The second-order valence-corrected chi connectivity index (χ2v) is 8.64. The summed E-state index contributed by atoms with van der Waals surface area (Å²) in [5.41, 5.74) is 7.29. The predicted octanol–water partition coefficient (Wildman–Crippen LogP) is 5.25. The highest BCUT2D eigenvalue weighted by Gasteiger charge is 2.32. The van der Waals surface area contributed by atoms with Gasteiger partial charge in [-0.2, -0.15) is 0 Å². The molecule has 31 heavy (non-hydrogen) atoms. The fourth-order valence-electron chi connectivity index (χ4n) is 3.52. The largest absolute Gasteiger partial charge is 0.481 e. The number of aromatic nitrogens is 1. The van der Waals surface area contributed by atoms with Crippen molar-refractivity contribution in [1.29, 1.82) is 0 Å². The quantitative estimate of drug-likeness (QED) is 0.467. The van der Waals surface area contributed by atoms with E-state index in [1.165, 1.54) is 5.01 Å². The van der Waals surface area contributed by atoms with Crippen molar-refractivity contribution in [2.24, 2.45) is 0 Å². The van der Waals surface area contributed by atoms with E-state index < -0.39 is 12.0 Å². The second-order valence-electron chi connectivity index (χ2n) is 7.37. The average Bonchev–Trinajstić information content (AvgIpc) is 3.17. The van der Waals surface area contributed by atoms with Gasteiger partial charge in [0.15, 0.2) is 0 Å². The number of carboxylic acids is 1. The monoisotopic (exact) mass is 499 g/mol. The summed E-state index contributed by atoms with van der Waals surface area (Å²) in [6.07, 6.45) is 1.53. The Balaban J connectivity index is 1.76. The first kappa shape index (κ1) is 21.3. The maximum absolute atomic E-state index is 12.9. The number of aryl methyl sites for hydroxylation is 1. The zero-order valence-electron chi connectivity index (χ0n) is 16.6. The SMILES string of the molecule is Cc1ccc2cc(C3C=C(c4ccc(Br)cc4)NN3C(=O)CCC(=O)O)c(Cl)nc2c1. The Morgan fingerprint density at radius 3 is 2.61 bits per heavy atom. The van der Waals surface area contributed by atoms with Gasteiger partial charge in [-0.25, -0.2) is 9.99 Å². The topological polar surface area (TPSA) is 82.5 Å². The summed E-state index contributed by atoms with van der Waals surface area (Å²) in [7, 11) is 0. The number of aliphatic carboxylic acids is 1. The van der Waals surface area contributed by atoms with Crippen LogP contribution in [0, 0.1) is 6.92 Å². The molecule has 158 valence electrons. The highest BCUT2D eigenvalue weighted by atomic mass is 79.9. The molecular weight excluding hydrogens is 482 g/mol. The van der Waals surface area contributed by atoms with Crippen LogP contribution in [0.1, 0.15) is 35.6 Å². The number of nitrogens with one attached hydrogen (secondary N) is 1. The molecule has 1 atom stereocenters. The molecule has 1 aliphatic heterocycles. The lowest BCUT2D eigenvalue weighted by atomic mass is 10.0. The van der Waals surface area contributed by atoms with E-state index >= 15 is 0 Å². The Hall–Kier alpha value is -2.90. The number of pyridine rings is 1. The van der Waals surface area contributed by atoms with Gasteiger partial charge in [0.25, 0.3) is 0 Å². The molecule has 0 aliphatic carbocycles. The zero-order valence-corrected chi connectivity index (χ0v) is 18.9. The summed E-state index contributed by atoms with van der Waals surface area (Å²) in [5.74, 6) is -1.36. The fraction of sp³-hybridized carbons (Fsp3) is 0.174. The Morgan fingerprint density at radius 2 is 1.90 bits per heavy atom. The molecule has 0 bridgehead atoms. The molecule has 0 spiro atoms. The summed E-state index contributed by atoms with van der Waals surface area (Å²) < 4.78 is 0.942. The Labute approximate surface area is 192 Å². The lowest BCUT2D eigenvalue weighted by Crippen LogP contribution is -2.39. The summed E-state index contributed by atoms with van der Waals surface area (Å²) in [6, 6.07) is 15.0. The molecule has 2 N–H and O–H groups in total. The van der Waals surface area contributed by atoms with Crippen LogP contribution in [0.2, 0.25) is 5.15 Å². The van der Waals surface area contributed by atoms with Crippen molar-refractivity contribution in [2.75, 3.05) is 0 Å². The first-order valence-corrected chi connectivity index (χ1v) is 10.8. The average molecular weight is 501 g/mol. The molecule has 4 rings (SSSR count). The van der Waals surface area contributed by atoms with Crippen molar-refractivity contribution >= 4 is 56.0 Å². The molecule has 1 aliphatic rings. The second kappa shape index (κ2) is 8.69. The number of fused-ring (bicyclic) bond motifs is 1. The third-order valence-electron chi connectivity index (χ3n) is 5.09. The van der Waals surface area contributed by atoms with E-state index in [0.717, 1.165) is 32.2 Å². The standard InChI is InChI=1S/C23H19BrClN3O3/c1-13-2-3-15-11-17(23(25)26-18(15)10-13)20-12-19(14-4-6-16(24)7-5-14)27-28(20)21(29)8-9-22(30)31/h2-7,10-12,20,27H,8-9H2,1H3,(H,30,31). The van der Waals surface area contributed by atoms with E-state index in [2.05, 4.69) is 26.3 Å². The van der Waals surface area contributed by atoms with E-state index in [-0.39, 0.29) is 18.7 Å². The molecule has 0 saturated heterocycles. The Morgan fingerprint density at radius 1 is 1.16 bits per heavy atom. The summed E-state index contributed by atoms with van der Waals surface area (Å²) >= 11 is 9.96. The number of amides is 1. The van der Waals surface area contributed by atoms with Gasteiger partial charge in [0.05, 0.1) is 17.6 Å². The van der Waals surface area contributed by atoms with E-state index in [9.17, 15) is 9.59 Å². The van der Waals surface area contributed by atoms with Gasteiger partial charge >= 0.3 is 5.97 Å². The molecule has 6 nitrogen and oxygen atoms in total. The molecule has 1 aromatic heterocycles. The van der Waals surface area contributed by atoms with Gasteiger partial charge in [0.2, 0.25) is 5.91 Å². The molecule has 0 fully saturated rings. The van der Waals surface area contributed by atoms with Crippen LogP contribution in [0.3, 0.4) is 0 Å². The van der Waals surface area contributed by atoms with E-state index in [4.69, 9.17) is 16.7 Å². The molecule has 1 amide bonds. The first-order chi connectivity index (χ1) is 14.8. The van der Waals surface area contributed by atoms with Gasteiger partial charge in [-0.05, 0) is 48.4 Å². The van der Waals surface area contributed by atoms with Crippen molar-refractivity contribution < 1.29 is 14.7 Å². The number of carbonyl (C=O) groups is 2. The normalized spacial score (nSPS) is 15.6. The first-order valence-electron chi connectivity index (χ1n) is 9.67. The van der Waals surface area contributed by atoms with Gasteiger partial charge in [0, 0.05) is 21.8 Å². The number of hydrazine groups is 1. The number of halogens is 2. The van der Waals surface area contributed by atoms with Crippen molar-refractivity contribution in [3.05, 3.63) is 80.9 Å². The van der Waals surface area contributed by atoms with Crippen molar-refractivity contribution in [1.82, 2.24) is 15.4 Å². The zero-order chi connectivity index (χ0) is 22.1. The van der Waals surface area contributed by atoms with Crippen LogP contribution in [0.25, 0.3) is 16.6 Å². The predicted molar refractivity (Wildman–Crippen MR) is 123 cm³/mol. The third kappa shape index (κ3) is 4.57. The molecule has 2 heterocycles. The Kier molecular flexibility index (Phi) is 5.98. The minimum atomic E-state index is -1.02. The molecule has 3 aromatic rings. The number of hydrogen-bond acceptors (Lipinski definition) is 4. The summed E-state index contributed by atoms with van der Waals surface area (Å²) in [6.45, 7) is 1.99. The van der Waals surface area contributed by atoms with E-state index in [0.29, 0.717) is 10.7 Å². The van der Waals surface area contributed by atoms with Crippen LogP contribution in [-0.2, 0) is 9.59 Å². The van der Waals surface area contributed by atoms with Crippen molar-refractivity contribution in [3.63, 3.8) is 0 Å². The highest BCUT2D eigenvalue weighted by Crippen LogP contribution is 2.36. The maximum Gasteiger partial charge on any atom is 0.303 e. The molecule has 2 aromatic carbocycles. The van der Waals surface area contributed by atoms with Gasteiger partial charge in [-0.15, -0.1) is 0 Å². The van der Waals surface area contributed by atoms with Crippen molar-refractivity contribution in [3.8, 4) is 0 Å². The molecule has 1 unspecified atom stereocenters. The molecule has 0 saturated carbocycles. The molecule has 0 radical (unpaired) electrons. The molecular formula is C23H19BrClN3O3. The number of hydrogen-bond donors (Lipinski definition) is 2. The number of benzene rings is 2. The lowest BCUT2D eigenvalue weighted by Gasteiger charge is -2.26. The highest BCUT2D eigenvalue weighted by molar-refractivity contribution is 9.10. The number of carboxylic acid groups (broad SMARTS) is 1. The van der Waals surface area contributed by atoms with Gasteiger partial charge in [-0.3, -0.25) is 15.0 Å². The van der Waals surface area contributed by atoms with Crippen LogP contribution in [-0.4, -0.2) is 27.0 Å². The van der Waals surface area contributed by atoms with Gasteiger partial charge < -0.3 is 5.11 Å². The van der Waals surface area contributed by atoms with E-state index in [1.54, 1.807) is 0 Å². The minimum absolute atomic E-state index is 0.127. The van der Waals surface area contributed by atoms with Crippen LogP contribution < -0.4 is 5.43 Å². The van der Waals surface area contributed by atoms with Crippen LogP contribution in [0.5, 0.6) is 0 Å². The number of rotatable bonds is 5.